The molecule has 9 saturated carbocycles. The molecular formula is C91H130N6O10. The molecule has 16 heteroatoms. The van der Waals surface area contributed by atoms with E-state index >= 15 is 0 Å². The fourth-order valence-corrected chi connectivity index (χ4v) is 17.4. The van der Waals surface area contributed by atoms with E-state index in [0.717, 1.165) is 224 Å². The lowest BCUT2D eigenvalue weighted by Crippen LogP contribution is -2.45. The van der Waals surface area contributed by atoms with Crippen LogP contribution in [-0.4, -0.2) is 121 Å². The highest BCUT2D eigenvalue weighted by Gasteiger charge is 2.44. The molecule has 9 fully saturated rings. The minimum absolute atomic E-state index is 0.153. The zero-order chi connectivity index (χ0) is 75.0. The van der Waals surface area contributed by atoms with E-state index in [1.54, 1.807) is 6.20 Å². The van der Waals surface area contributed by atoms with E-state index in [0.29, 0.717) is 42.6 Å². The molecule has 107 heavy (non-hydrogen) atoms. The fraction of sp³-hybridized carbons (Fsp3) is 0.626. The van der Waals surface area contributed by atoms with Crippen molar-refractivity contribution in [1.82, 2.24) is 31.6 Å². The number of carbonyl (C=O) groups excluding carboxylic acids is 5. The van der Waals surface area contributed by atoms with Crippen LogP contribution in [0.1, 0.15) is 246 Å². The van der Waals surface area contributed by atoms with Crippen LogP contribution >= 0.6 is 0 Å². The van der Waals surface area contributed by atoms with Crippen molar-refractivity contribution >= 4 is 29.5 Å². The lowest BCUT2D eigenvalue weighted by atomic mass is 9.70. The summed E-state index contributed by atoms with van der Waals surface area (Å²) in [4.78, 5) is 64.7. The predicted molar refractivity (Wildman–Crippen MR) is 423 cm³/mol. The Bertz CT molecular complexity index is 3290. The van der Waals surface area contributed by atoms with E-state index in [1.807, 2.05) is 24.4 Å². The van der Waals surface area contributed by atoms with Gasteiger partial charge in [-0.15, -0.1) is 0 Å². The summed E-state index contributed by atoms with van der Waals surface area (Å²) in [5.74, 6) is 4.97. The minimum atomic E-state index is -0.161. The first-order chi connectivity index (χ1) is 52.1. The maximum Gasteiger partial charge on any atom is 0.223 e. The van der Waals surface area contributed by atoms with Gasteiger partial charge in [0.25, 0.3) is 0 Å². The van der Waals surface area contributed by atoms with Crippen LogP contribution < -0.4 is 26.6 Å². The molecule has 4 atom stereocenters. The second-order valence-electron chi connectivity index (χ2n) is 33.5. The Hall–Kier alpha value is -6.82. The van der Waals surface area contributed by atoms with Crippen molar-refractivity contribution in [3.8, 4) is 0 Å². The van der Waals surface area contributed by atoms with Crippen LogP contribution in [0.5, 0.6) is 0 Å². The average Bonchev–Trinajstić information content (AvgIpc) is 1.80. The number of aromatic nitrogens is 1. The molecule has 1 heterocycles. The Labute approximate surface area is 639 Å². The number of unbranched alkanes of at least 4 members (excludes halogenated alkanes) is 2. The fourth-order valence-electron chi connectivity index (χ4n) is 17.4. The molecule has 0 radical (unpaired) electrons. The van der Waals surface area contributed by atoms with Gasteiger partial charge in [-0.1, -0.05) is 134 Å². The molecule has 0 bridgehead atoms. The maximum atomic E-state index is 12.2. The molecule has 584 valence electrons. The minimum Gasteiger partial charge on any atom is -0.393 e. The van der Waals surface area contributed by atoms with Gasteiger partial charge in [0.1, 0.15) is 0 Å². The second kappa shape index (κ2) is 44.7. The number of pyridine rings is 1. The van der Waals surface area contributed by atoms with Crippen LogP contribution in [0.4, 0.5) is 0 Å². The molecule has 0 saturated heterocycles. The van der Waals surface area contributed by atoms with Gasteiger partial charge in [-0.2, -0.15) is 0 Å². The molecule has 14 rings (SSSR count). The van der Waals surface area contributed by atoms with Crippen molar-refractivity contribution in [3.05, 3.63) is 174 Å². The van der Waals surface area contributed by atoms with Crippen molar-refractivity contribution in [2.24, 2.45) is 47.3 Å². The number of aliphatic hydroxyl groups is 5. The summed E-state index contributed by atoms with van der Waals surface area (Å²) in [6.45, 7) is 0. The third-order valence-electron chi connectivity index (χ3n) is 24.5. The van der Waals surface area contributed by atoms with Crippen molar-refractivity contribution in [2.45, 2.75) is 311 Å². The van der Waals surface area contributed by atoms with E-state index in [9.17, 15) is 49.5 Å². The smallest absolute Gasteiger partial charge is 0.223 e. The molecule has 0 spiro atoms. The van der Waals surface area contributed by atoms with Crippen LogP contribution in [0, 0.1) is 47.3 Å². The number of hydrogen-bond acceptors (Lipinski definition) is 11. The second-order valence-corrected chi connectivity index (χ2v) is 33.5. The van der Waals surface area contributed by atoms with Gasteiger partial charge in [-0.05, 0) is 295 Å². The summed E-state index contributed by atoms with van der Waals surface area (Å²) in [5.41, 5.74) is 6.82. The normalized spacial score (nSPS) is 29.6. The number of rotatable bonds is 27. The summed E-state index contributed by atoms with van der Waals surface area (Å²) >= 11 is 0. The number of aryl methyl sites for hydroxylation is 3. The highest BCUT2D eigenvalue weighted by Crippen LogP contribution is 2.44. The number of nitrogens with one attached hydrogen (secondary N) is 5. The number of aliphatic hydroxyl groups excluding tert-OH is 5. The molecule has 16 nitrogen and oxygen atoms in total. The van der Waals surface area contributed by atoms with Crippen molar-refractivity contribution in [2.75, 3.05) is 0 Å². The van der Waals surface area contributed by atoms with E-state index < -0.39 is 0 Å². The van der Waals surface area contributed by atoms with E-state index in [1.165, 1.54) is 47.1 Å². The molecule has 10 N–H and O–H groups in total. The molecule has 5 amide bonds. The third kappa shape index (κ3) is 30.9. The van der Waals surface area contributed by atoms with Crippen LogP contribution in [0.3, 0.4) is 0 Å². The number of amides is 5. The van der Waals surface area contributed by atoms with Crippen molar-refractivity contribution in [1.29, 1.82) is 0 Å². The quantitative estimate of drug-likeness (QED) is 0.0221. The predicted octanol–water partition coefficient (Wildman–Crippen LogP) is 14.1. The Morgan fingerprint density at radius 3 is 1.12 bits per heavy atom. The molecule has 9 aliphatic carbocycles. The summed E-state index contributed by atoms with van der Waals surface area (Å²) in [7, 11) is 0. The van der Waals surface area contributed by atoms with Gasteiger partial charge in [-0.25, -0.2) is 0 Å². The third-order valence-corrected chi connectivity index (χ3v) is 24.5. The summed E-state index contributed by atoms with van der Waals surface area (Å²) in [6, 6.07) is 47.7. The maximum absolute atomic E-state index is 12.2. The first kappa shape index (κ1) is 82.7. The van der Waals surface area contributed by atoms with Crippen LogP contribution in [-0.2, 0) is 56.1 Å². The lowest BCUT2D eigenvalue weighted by Gasteiger charge is -2.36. The Morgan fingerprint density at radius 1 is 0.327 bits per heavy atom. The summed E-state index contributed by atoms with van der Waals surface area (Å²) in [6.07, 6.45) is 40.3. The monoisotopic (exact) mass is 1470 g/mol. The van der Waals surface area contributed by atoms with Gasteiger partial charge in [0.05, 0.1) is 30.5 Å². The average molecular weight is 1470 g/mol. The van der Waals surface area contributed by atoms with Gasteiger partial charge in [0, 0.05) is 73.2 Å². The van der Waals surface area contributed by atoms with Crippen molar-refractivity contribution in [3.63, 3.8) is 0 Å². The van der Waals surface area contributed by atoms with Crippen LogP contribution in [0.2, 0.25) is 0 Å². The lowest BCUT2D eigenvalue weighted by molar-refractivity contribution is -0.130. The van der Waals surface area contributed by atoms with Crippen LogP contribution in [0.15, 0.2) is 146 Å². The Balaban J connectivity index is 0.000000143. The standard InChI is InChI=1S/2C19H27NO2.2C18H25NO2.C17H26N2O2/c21-17-11-9-16(10-12-17)20-19(22)18-13-15(18)8-4-7-14-5-2-1-3-6-14;21-18-8-6-17(7-9-18)20-19(22)13-16-11-15(12-16)10-14-4-2-1-3-5-14;20-17-8-6-16(7-9-17)19-18(21)15-11-14(12-15)10-13-4-2-1-3-5-13;20-16-10-8-15(9-11-16)19-18(21)17-12-14(17)7-6-13-4-2-1-3-5-13;20-16-10-8-15(9-11-16)19-17(21)7-3-1-2-5-14-6-4-12-18-13-14/h1-3,5-6,15-18,21H,4,7-13H2,(H,20,22);1-5,15-18,21H,6-13H2,(H,20,22);2*1-5,14-17,20H,6-12H2,(H,19,21);4,6,12-13,15-16,20H,1-3,5,7-11H2,(H,19,21). The Kier molecular flexibility index (Phi) is 34.6. The van der Waals surface area contributed by atoms with Gasteiger partial charge in [-0.3, -0.25) is 29.0 Å². The van der Waals surface area contributed by atoms with E-state index in [2.05, 4.69) is 147 Å². The van der Waals surface area contributed by atoms with E-state index in [4.69, 9.17) is 0 Å². The van der Waals surface area contributed by atoms with Gasteiger partial charge >= 0.3 is 0 Å². The number of benzene rings is 4. The molecule has 0 aliphatic heterocycles. The van der Waals surface area contributed by atoms with Crippen LogP contribution in [0.25, 0.3) is 0 Å². The largest absolute Gasteiger partial charge is 0.393 e. The molecule has 5 aromatic rings. The molecule has 4 unspecified atom stereocenters. The topological polar surface area (TPSA) is 260 Å². The van der Waals surface area contributed by atoms with Gasteiger partial charge < -0.3 is 52.1 Å². The van der Waals surface area contributed by atoms with Gasteiger partial charge in [0.15, 0.2) is 0 Å². The number of carbonyl (C=O) groups is 5. The first-order valence-electron chi connectivity index (χ1n) is 42.0. The highest BCUT2D eigenvalue weighted by molar-refractivity contribution is 5.82. The number of nitrogens with zero attached hydrogens (tertiary/aromatic N) is 1. The molecular weight excluding hydrogens is 1340 g/mol. The summed E-state index contributed by atoms with van der Waals surface area (Å²) in [5, 5.41) is 63.2. The zero-order valence-electron chi connectivity index (χ0n) is 64.1. The van der Waals surface area contributed by atoms with Gasteiger partial charge in [0.2, 0.25) is 29.5 Å². The first-order valence-corrected chi connectivity index (χ1v) is 42.0. The summed E-state index contributed by atoms with van der Waals surface area (Å²) < 4.78 is 0. The molecule has 1 aromatic heterocycles. The number of hydrogen-bond donors (Lipinski definition) is 10. The molecule has 9 aliphatic rings. The Morgan fingerprint density at radius 2 is 0.692 bits per heavy atom. The highest BCUT2D eigenvalue weighted by atomic mass is 16.3. The zero-order valence-corrected chi connectivity index (χ0v) is 64.1. The van der Waals surface area contributed by atoms with Crippen molar-refractivity contribution < 1.29 is 49.5 Å². The molecule has 4 aromatic carbocycles. The SMILES string of the molecule is O=C(CC1CC(Cc2ccccc2)C1)NC1CCC(O)CC1.O=C(CCCCCc1cccnc1)NC1CCC(O)CC1.O=C(NC1CCC(O)CC1)C1CC(Cc2ccccc2)C1.O=C(NC1CCC(O)CC1)C1CC1CCCc1ccccc1.O=C(NC1CCC(O)CC1)C1CC1CCc1ccccc1. The van der Waals surface area contributed by atoms with E-state index in [-0.39, 0.29) is 102 Å².